The number of alkyl halides is 1. The molecule has 1 saturated heterocycles. The van der Waals surface area contributed by atoms with Crippen LogP contribution in [0.25, 0.3) is 0 Å². The molecule has 0 radical (unpaired) electrons. The largest absolute Gasteiger partial charge is 0.444 e. The van der Waals surface area contributed by atoms with Gasteiger partial charge in [-0.05, 0) is 20.8 Å². The number of hydrogen-bond donors (Lipinski definition) is 1. The van der Waals surface area contributed by atoms with Gasteiger partial charge in [-0.25, -0.2) is 14.2 Å². The lowest BCUT2D eigenvalue weighted by molar-refractivity contribution is 0.0490. The van der Waals surface area contributed by atoms with Crippen LogP contribution in [-0.2, 0) is 11.8 Å². The number of aryl methyl sites for hydroxylation is 1. The molecule has 1 aromatic heterocycles. The maximum atomic E-state index is 14.0. The molecule has 0 unspecified atom stereocenters. The highest BCUT2D eigenvalue weighted by Gasteiger charge is 2.36. The van der Waals surface area contributed by atoms with E-state index in [1.54, 1.807) is 33.2 Å². The minimum absolute atomic E-state index is 0.214. The van der Waals surface area contributed by atoms with E-state index in [1.165, 1.54) is 0 Å². The van der Waals surface area contributed by atoms with Gasteiger partial charge in [0, 0.05) is 26.0 Å². The zero-order valence-corrected chi connectivity index (χ0v) is 12.3. The number of anilines is 1. The fourth-order valence-corrected chi connectivity index (χ4v) is 2.18. The number of aromatic nitrogens is 2. The van der Waals surface area contributed by atoms with Crippen molar-refractivity contribution in [1.29, 1.82) is 0 Å². The van der Waals surface area contributed by atoms with E-state index in [2.05, 4.69) is 10.3 Å². The second kappa shape index (κ2) is 5.30. The number of carbonyl (C=O) groups excluding carboxylic acids is 1. The number of alkyl carbamates (subject to hydrolysis) is 1. The maximum Gasteiger partial charge on any atom is 0.408 e. The highest BCUT2D eigenvalue weighted by atomic mass is 19.1. The van der Waals surface area contributed by atoms with E-state index in [0.717, 1.165) is 0 Å². The molecule has 2 rings (SSSR count). The van der Waals surface area contributed by atoms with Gasteiger partial charge in [0.15, 0.2) is 0 Å². The zero-order valence-electron chi connectivity index (χ0n) is 12.3. The summed E-state index contributed by atoms with van der Waals surface area (Å²) >= 11 is 0. The molecule has 2 heterocycles. The number of carbonyl (C=O) groups is 1. The molecule has 1 N–H and O–H groups in total. The first kappa shape index (κ1) is 14.6. The molecule has 1 amide bonds. The van der Waals surface area contributed by atoms with Crippen LogP contribution in [0.3, 0.4) is 0 Å². The Hall–Kier alpha value is -1.79. The van der Waals surface area contributed by atoms with Gasteiger partial charge < -0.3 is 19.5 Å². The van der Waals surface area contributed by atoms with Crippen molar-refractivity contribution in [2.75, 3.05) is 18.0 Å². The summed E-state index contributed by atoms with van der Waals surface area (Å²) in [6.07, 6.45) is 1.74. The number of hydrogen-bond acceptors (Lipinski definition) is 4. The van der Waals surface area contributed by atoms with Crippen LogP contribution in [-0.4, -0.2) is 46.5 Å². The smallest absolute Gasteiger partial charge is 0.408 e. The molecule has 0 bridgehead atoms. The molecule has 2 atom stereocenters. The van der Waals surface area contributed by atoms with E-state index in [4.69, 9.17) is 4.74 Å². The van der Waals surface area contributed by atoms with Crippen LogP contribution in [0.5, 0.6) is 0 Å². The monoisotopic (exact) mass is 284 g/mol. The number of amides is 1. The van der Waals surface area contributed by atoms with E-state index in [-0.39, 0.29) is 6.54 Å². The van der Waals surface area contributed by atoms with Crippen molar-refractivity contribution in [3.05, 3.63) is 12.4 Å². The summed E-state index contributed by atoms with van der Waals surface area (Å²) in [4.78, 5) is 17.7. The lowest BCUT2D eigenvalue weighted by atomic mass is 10.2. The molecule has 0 saturated carbocycles. The third kappa shape index (κ3) is 3.40. The number of nitrogens with one attached hydrogen (secondary N) is 1. The van der Waals surface area contributed by atoms with Gasteiger partial charge in [0.25, 0.3) is 0 Å². The van der Waals surface area contributed by atoms with Crippen molar-refractivity contribution in [3.8, 4) is 0 Å². The predicted octanol–water partition coefficient (Wildman–Crippen LogP) is 1.47. The van der Waals surface area contributed by atoms with Gasteiger partial charge in [-0.1, -0.05) is 0 Å². The van der Waals surface area contributed by atoms with Crippen LogP contribution in [0, 0.1) is 0 Å². The highest BCUT2D eigenvalue weighted by molar-refractivity contribution is 5.68. The molecule has 20 heavy (non-hydrogen) atoms. The van der Waals surface area contributed by atoms with Crippen molar-refractivity contribution in [3.63, 3.8) is 0 Å². The van der Waals surface area contributed by atoms with E-state index in [0.29, 0.717) is 12.5 Å². The number of rotatable bonds is 2. The molecule has 0 aliphatic carbocycles. The Bertz CT molecular complexity index is 483. The molecule has 112 valence electrons. The lowest BCUT2D eigenvalue weighted by Crippen LogP contribution is -2.44. The minimum atomic E-state index is -1.14. The molecule has 1 aliphatic rings. The molecule has 1 aromatic rings. The standard InChI is InChI=1S/C13H21FN4O2/c1-13(2,3)20-12(19)16-10-8-18(7-9(10)14)11-15-5-6-17(11)4/h5-6,9-10H,7-8H2,1-4H3,(H,16,19)/t9-,10-/m0/s1. The van der Waals surface area contributed by atoms with E-state index in [1.807, 2.05) is 16.5 Å². The van der Waals surface area contributed by atoms with Crippen LogP contribution >= 0.6 is 0 Å². The Kier molecular flexibility index (Phi) is 3.87. The van der Waals surface area contributed by atoms with E-state index >= 15 is 0 Å². The van der Waals surface area contributed by atoms with Crippen LogP contribution in [0.4, 0.5) is 15.1 Å². The third-order valence-corrected chi connectivity index (χ3v) is 3.03. The van der Waals surface area contributed by atoms with Crippen LogP contribution in [0.2, 0.25) is 0 Å². The zero-order chi connectivity index (χ0) is 14.9. The maximum absolute atomic E-state index is 14.0. The normalized spacial score (nSPS) is 22.9. The molecule has 6 nitrogen and oxygen atoms in total. The summed E-state index contributed by atoms with van der Waals surface area (Å²) in [7, 11) is 1.85. The second-order valence-corrected chi connectivity index (χ2v) is 6.01. The summed E-state index contributed by atoms with van der Waals surface area (Å²) in [5.74, 6) is 0.695. The molecule has 0 spiro atoms. The first-order valence-corrected chi connectivity index (χ1v) is 6.62. The first-order chi connectivity index (χ1) is 9.26. The van der Waals surface area contributed by atoms with Gasteiger partial charge in [-0.15, -0.1) is 0 Å². The minimum Gasteiger partial charge on any atom is -0.444 e. The number of nitrogens with zero attached hydrogens (tertiary/aromatic N) is 3. The number of ether oxygens (including phenoxy) is 1. The van der Waals surface area contributed by atoms with Gasteiger partial charge in [-0.3, -0.25) is 0 Å². The summed E-state index contributed by atoms with van der Waals surface area (Å²) in [6, 6.07) is -0.582. The Morgan fingerprint density at radius 3 is 2.75 bits per heavy atom. The average Bonchev–Trinajstić information content (AvgIpc) is 2.83. The van der Waals surface area contributed by atoms with Gasteiger partial charge in [-0.2, -0.15) is 0 Å². The second-order valence-electron chi connectivity index (χ2n) is 6.01. The summed E-state index contributed by atoms with van der Waals surface area (Å²) in [6.45, 7) is 5.91. The van der Waals surface area contributed by atoms with Gasteiger partial charge >= 0.3 is 6.09 Å². The number of halogens is 1. The third-order valence-electron chi connectivity index (χ3n) is 3.03. The molecule has 1 fully saturated rings. The van der Waals surface area contributed by atoms with Crippen molar-refractivity contribution in [2.45, 2.75) is 38.6 Å². The molecule has 0 aromatic carbocycles. The van der Waals surface area contributed by atoms with E-state index < -0.39 is 23.9 Å². The Labute approximate surface area is 117 Å². The first-order valence-electron chi connectivity index (χ1n) is 6.62. The molecular weight excluding hydrogens is 263 g/mol. The summed E-state index contributed by atoms with van der Waals surface area (Å²) in [5, 5.41) is 2.58. The van der Waals surface area contributed by atoms with Crippen molar-refractivity contribution >= 4 is 12.0 Å². The fraction of sp³-hybridized carbons (Fsp3) is 0.692. The Morgan fingerprint density at radius 1 is 1.50 bits per heavy atom. The van der Waals surface area contributed by atoms with Gasteiger partial charge in [0.05, 0.1) is 12.6 Å². The highest BCUT2D eigenvalue weighted by Crippen LogP contribution is 2.20. The van der Waals surface area contributed by atoms with Crippen molar-refractivity contribution in [2.24, 2.45) is 7.05 Å². The molecular formula is C13H21FN4O2. The van der Waals surface area contributed by atoms with Crippen molar-refractivity contribution < 1.29 is 13.9 Å². The lowest BCUT2D eigenvalue weighted by Gasteiger charge is -2.22. The molecule has 7 heteroatoms. The Morgan fingerprint density at radius 2 is 2.20 bits per heavy atom. The van der Waals surface area contributed by atoms with Crippen molar-refractivity contribution in [1.82, 2.24) is 14.9 Å². The van der Waals surface area contributed by atoms with Crippen LogP contribution in [0.1, 0.15) is 20.8 Å². The van der Waals surface area contributed by atoms with Gasteiger partial charge in [0.1, 0.15) is 11.8 Å². The quantitative estimate of drug-likeness (QED) is 0.893. The topological polar surface area (TPSA) is 59.4 Å². The SMILES string of the molecule is Cn1ccnc1N1C[C@H](NC(=O)OC(C)(C)C)[C@@H](F)C1. The Balaban J connectivity index is 1.95. The van der Waals surface area contributed by atoms with E-state index in [9.17, 15) is 9.18 Å². The molecule has 1 aliphatic heterocycles. The van der Waals surface area contributed by atoms with Crippen LogP contribution in [0.15, 0.2) is 12.4 Å². The average molecular weight is 284 g/mol. The predicted molar refractivity (Wildman–Crippen MR) is 73.5 cm³/mol. The van der Waals surface area contributed by atoms with Gasteiger partial charge in [0.2, 0.25) is 5.95 Å². The summed E-state index contributed by atoms with van der Waals surface area (Å²) in [5.41, 5.74) is -0.589. The number of imidazole rings is 1. The summed E-state index contributed by atoms with van der Waals surface area (Å²) < 4.78 is 21.0. The fourth-order valence-electron chi connectivity index (χ4n) is 2.18. The van der Waals surface area contributed by atoms with Crippen LogP contribution < -0.4 is 10.2 Å².